The summed E-state index contributed by atoms with van der Waals surface area (Å²) in [4.78, 5) is 18.4. The summed E-state index contributed by atoms with van der Waals surface area (Å²) in [6.45, 7) is 2.87. The number of benzene rings is 1. The molecule has 1 aromatic carbocycles. The summed E-state index contributed by atoms with van der Waals surface area (Å²) in [6.07, 6.45) is 1.65. The molecule has 1 amide bonds. The lowest BCUT2D eigenvalue weighted by atomic mass is 10.0. The highest BCUT2D eigenvalue weighted by Gasteiger charge is 2.30. The molecule has 3 rings (SSSR count). The quantitative estimate of drug-likeness (QED) is 0.765. The number of hydrogen-bond donors (Lipinski definition) is 0. The van der Waals surface area contributed by atoms with E-state index in [1.54, 1.807) is 12.3 Å². The van der Waals surface area contributed by atoms with E-state index in [0.717, 1.165) is 12.2 Å². The second-order valence-corrected chi connectivity index (χ2v) is 4.59. The molecule has 1 unspecified atom stereocenters. The maximum Gasteiger partial charge on any atom is 0.276 e. The van der Waals surface area contributed by atoms with E-state index in [0.29, 0.717) is 11.6 Å². The van der Waals surface area contributed by atoms with Crippen molar-refractivity contribution < 1.29 is 4.79 Å². The van der Waals surface area contributed by atoms with Crippen molar-refractivity contribution in [2.45, 2.75) is 12.8 Å². The Kier molecular flexibility index (Phi) is 2.59. The van der Waals surface area contributed by atoms with Crippen molar-refractivity contribution in [1.82, 2.24) is 4.98 Å². The Bertz CT molecular complexity index is 580. The Morgan fingerprint density at radius 3 is 2.78 bits per heavy atom. The van der Waals surface area contributed by atoms with Crippen LogP contribution in [-0.2, 0) is 0 Å². The first-order chi connectivity index (χ1) is 8.77. The first-order valence-electron chi connectivity index (χ1n) is 6.09. The molecule has 0 saturated heterocycles. The Labute approximate surface area is 106 Å². The highest BCUT2D eigenvalue weighted by molar-refractivity contribution is 6.06. The number of fused-ring (bicyclic) bond motifs is 1. The van der Waals surface area contributed by atoms with E-state index in [-0.39, 0.29) is 5.91 Å². The van der Waals surface area contributed by atoms with Crippen LogP contribution >= 0.6 is 0 Å². The van der Waals surface area contributed by atoms with Gasteiger partial charge in [-0.2, -0.15) is 0 Å². The Morgan fingerprint density at radius 2 is 2.00 bits per heavy atom. The highest BCUT2D eigenvalue weighted by Crippen LogP contribution is 2.36. The highest BCUT2D eigenvalue weighted by atomic mass is 16.2. The first kappa shape index (κ1) is 11.0. The number of carbonyl (C=O) groups excluding carboxylic acids is 1. The second kappa shape index (κ2) is 4.26. The lowest BCUT2D eigenvalue weighted by Gasteiger charge is -2.16. The average Bonchev–Trinajstić information content (AvgIpc) is 2.77. The minimum atomic E-state index is -0.0209. The van der Waals surface area contributed by atoms with Crippen molar-refractivity contribution in [3.8, 4) is 0 Å². The number of para-hydroxylation sites is 1. The molecule has 0 fully saturated rings. The molecule has 1 aromatic heterocycles. The molecule has 3 nitrogen and oxygen atoms in total. The van der Waals surface area contributed by atoms with E-state index in [9.17, 15) is 4.79 Å². The molecule has 0 saturated carbocycles. The van der Waals surface area contributed by atoms with Crippen LogP contribution < -0.4 is 4.90 Å². The summed E-state index contributed by atoms with van der Waals surface area (Å²) in [5, 5.41) is 0. The molecule has 1 aliphatic heterocycles. The van der Waals surface area contributed by atoms with Gasteiger partial charge in [-0.1, -0.05) is 31.2 Å². The van der Waals surface area contributed by atoms with Crippen LogP contribution in [0.5, 0.6) is 0 Å². The third-order valence-electron chi connectivity index (χ3n) is 3.34. The molecule has 3 heteroatoms. The summed E-state index contributed by atoms with van der Waals surface area (Å²) < 4.78 is 0. The number of amides is 1. The van der Waals surface area contributed by atoms with E-state index in [2.05, 4.69) is 18.0 Å². The van der Waals surface area contributed by atoms with Crippen LogP contribution in [0.15, 0.2) is 48.7 Å². The first-order valence-corrected chi connectivity index (χ1v) is 6.09. The predicted molar refractivity (Wildman–Crippen MR) is 70.8 cm³/mol. The summed E-state index contributed by atoms with van der Waals surface area (Å²) in [6, 6.07) is 13.5. The molecule has 0 spiro atoms. The van der Waals surface area contributed by atoms with Gasteiger partial charge in [0.25, 0.3) is 5.91 Å². The van der Waals surface area contributed by atoms with Crippen LogP contribution in [0.3, 0.4) is 0 Å². The van der Waals surface area contributed by atoms with Crippen LogP contribution in [-0.4, -0.2) is 17.4 Å². The number of anilines is 1. The van der Waals surface area contributed by atoms with E-state index in [1.807, 2.05) is 35.2 Å². The summed E-state index contributed by atoms with van der Waals surface area (Å²) in [7, 11) is 0. The lowest BCUT2D eigenvalue weighted by Crippen LogP contribution is -2.30. The minimum absolute atomic E-state index is 0.0209. The van der Waals surface area contributed by atoms with Crippen LogP contribution in [0.25, 0.3) is 0 Å². The maximum absolute atomic E-state index is 12.4. The van der Waals surface area contributed by atoms with Gasteiger partial charge in [0.2, 0.25) is 0 Å². The third-order valence-corrected chi connectivity index (χ3v) is 3.34. The van der Waals surface area contributed by atoms with Crippen LogP contribution in [0.1, 0.15) is 28.9 Å². The molecule has 1 atom stereocenters. The van der Waals surface area contributed by atoms with Gasteiger partial charge in [-0.3, -0.25) is 9.78 Å². The lowest BCUT2D eigenvalue weighted by molar-refractivity contribution is 0.0983. The number of hydrogen-bond acceptors (Lipinski definition) is 2. The predicted octanol–water partition coefficient (Wildman–Crippen LogP) is 2.85. The molecule has 2 heterocycles. The van der Waals surface area contributed by atoms with Crippen LogP contribution in [0, 0.1) is 0 Å². The molecular weight excluding hydrogens is 224 g/mol. The van der Waals surface area contributed by atoms with Crippen molar-refractivity contribution in [1.29, 1.82) is 0 Å². The Balaban J connectivity index is 1.98. The van der Waals surface area contributed by atoms with Gasteiger partial charge in [0.05, 0.1) is 0 Å². The van der Waals surface area contributed by atoms with Gasteiger partial charge < -0.3 is 4.90 Å². The van der Waals surface area contributed by atoms with Gasteiger partial charge in [-0.15, -0.1) is 0 Å². The van der Waals surface area contributed by atoms with Gasteiger partial charge in [0.15, 0.2) is 0 Å². The van der Waals surface area contributed by atoms with Gasteiger partial charge in [-0.05, 0) is 23.8 Å². The van der Waals surface area contributed by atoms with E-state index in [1.165, 1.54) is 5.56 Å². The van der Waals surface area contributed by atoms with E-state index in [4.69, 9.17) is 0 Å². The zero-order chi connectivity index (χ0) is 12.5. The number of pyridine rings is 1. The fourth-order valence-electron chi connectivity index (χ4n) is 2.44. The van der Waals surface area contributed by atoms with Gasteiger partial charge in [0.1, 0.15) is 5.69 Å². The molecule has 90 valence electrons. The Hall–Kier alpha value is -2.16. The van der Waals surface area contributed by atoms with E-state index >= 15 is 0 Å². The fourth-order valence-corrected chi connectivity index (χ4v) is 2.44. The molecule has 0 bridgehead atoms. The molecule has 0 radical (unpaired) electrons. The number of nitrogens with zero attached hydrogens (tertiary/aromatic N) is 2. The summed E-state index contributed by atoms with van der Waals surface area (Å²) in [5.74, 6) is 0.362. The molecule has 0 N–H and O–H groups in total. The standard InChI is InChI=1S/C15H14N2O/c1-11-10-17(14-8-3-2-6-12(11)14)15(18)13-7-4-5-9-16-13/h2-9,11H,10H2,1H3. The van der Waals surface area contributed by atoms with Crippen LogP contribution in [0.4, 0.5) is 5.69 Å². The number of carbonyl (C=O) groups is 1. The molecular formula is C15H14N2O. The third kappa shape index (κ3) is 1.68. The zero-order valence-electron chi connectivity index (χ0n) is 10.2. The second-order valence-electron chi connectivity index (χ2n) is 4.59. The summed E-state index contributed by atoms with van der Waals surface area (Å²) >= 11 is 0. The summed E-state index contributed by atoms with van der Waals surface area (Å²) in [5.41, 5.74) is 2.75. The van der Waals surface area contributed by atoms with Gasteiger partial charge >= 0.3 is 0 Å². The smallest absolute Gasteiger partial charge is 0.276 e. The van der Waals surface area contributed by atoms with Gasteiger partial charge in [-0.25, -0.2) is 0 Å². The molecule has 0 aliphatic carbocycles. The monoisotopic (exact) mass is 238 g/mol. The van der Waals surface area contributed by atoms with Crippen molar-refractivity contribution in [2.24, 2.45) is 0 Å². The van der Waals surface area contributed by atoms with Crippen molar-refractivity contribution >= 4 is 11.6 Å². The van der Waals surface area contributed by atoms with Crippen molar-refractivity contribution in [2.75, 3.05) is 11.4 Å². The van der Waals surface area contributed by atoms with E-state index < -0.39 is 0 Å². The molecule has 1 aliphatic rings. The topological polar surface area (TPSA) is 33.2 Å². The number of aromatic nitrogens is 1. The molecule has 2 aromatic rings. The largest absolute Gasteiger partial charge is 0.306 e. The normalized spacial score (nSPS) is 17.6. The van der Waals surface area contributed by atoms with Crippen LogP contribution in [0.2, 0.25) is 0 Å². The fraction of sp³-hybridized carbons (Fsp3) is 0.200. The average molecular weight is 238 g/mol. The maximum atomic E-state index is 12.4. The van der Waals surface area contributed by atoms with Crippen molar-refractivity contribution in [3.63, 3.8) is 0 Å². The molecule has 18 heavy (non-hydrogen) atoms. The number of rotatable bonds is 1. The van der Waals surface area contributed by atoms with Crippen molar-refractivity contribution in [3.05, 3.63) is 59.9 Å². The Morgan fingerprint density at radius 1 is 1.22 bits per heavy atom. The zero-order valence-corrected chi connectivity index (χ0v) is 10.2. The van der Waals surface area contributed by atoms with Gasteiger partial charge in [0, 0.05) is 24.3 Å². The SMILES string of the molecule is CC1CN(C(=O)c2ccccn2)c2ccccc21. The minimum Gasteiger partial charge on any atom is -0.306 e.